The van der Waals surface area contributed by atoms with Gasteiger partial charge < -0.3 is 10.1 Å². The average molecular weight is 300 g/mol. The van der Waals surface area contributed by atoms with Crippen LogP contribution in [0.2, 0.25) is 0 Å². The average Bonchev–Trinajstić information content (AvgIpc) is 2.37. The number of nitrogens with zero attached hydrogens (tertiary/aromatic N) is 1. The van der Waals surface area contributed by atoms with Gasteiger partial charge in [-0.05, 0) is 24.6 Å². The van der Waals surface area contributed by atoms with Crippen LogP contribution in [0, 0.1) is 0 Å². The van der Waals surface area contributed by atoms with E-state index in [0.717, 1.165) is 21.9 Å². The highest BCUT2D eigenvalue weighted by molar-refractivity contribution is 7.88. The summed E-state index contributed by atoms with van der Waals surface area (Å²) in [6.45, 7) is 1.64. The molecule has 1 aromatic carbocycles. The summed E-state index contributed by atoms with van der Waals surface area (Å²) in [5, 5.41) is 2.75. The Morgan fingerprint density at radius 2 is 1.90 bits per heavy atom. The lowest BCUT2D eigenvalue weighted by Gasteiger charge is -2.18. The third-order valence-electron chi connectivity index (χ3n) is 2.93. The Morgan fingerprint density at radius 3 is 2.35 bits per heavy atom. The number of hydrogen-bond acceptors (Lipinski definition) is 4. The van der Waals surface area contributed by atoms with Crippen LogP contribution in [-0.4, -0.2) is 45.6 Å². The maximum Gasteiger partial charge on any atom is 0.235 e. The van der Waals surface area contributed by atoms with Crippen molar-refractivity contribution in [2.45, 2.75) is 13.0 Å². The summed E-state index contributed by atoms with van der Waals surface area (Å²) in [6, 6.07) is 7.11. The zero-order valence-corrected chi connectivity index (χ0v) is 12.9. The highest BCUT2D eigenvalue weighted by Crippen LogP contribution is 2.17. The number of methoxy groups -OCH3 is 1. The van der Waals surface area contributed by atoms with Crippen molar-refractivity contribution in [3.05, 3.63) is 29.8 Å². The van der Waals surface area contributed by atoms with Gasteiger partial charge in [0.25, 0.3) is 0 Å². The fourth-order valence-electron chi connectivity index (χ4n) is 1.58. The first kappa shape index (κ1) is 16.5. The topological polar surface area (TPSA) is 75.7 Å². The van der Waals surface area contributed by atoms with Crippen molar-refractivity contribution in [1.82, 2.24) is 9.62 Å². The molecule has 0 fully saturated rings. The molecule has 0 aromatic heterocycles. The first-order valence-corrected chi connectivity index (χ1v) is 7.93. The van der Waals surface area contributed by atoms with Crippen molar-refractivity contribution < 1.29 is 17.9 Å². The highest BCUT2D eigenvalue weighted by atomic mass is 32.2. The number of likely N-dealkylation sites (N-methyl/N-ethyl adjacent to an activating group) is 1. The minimum atomic E-state index is -3.35. The minimum absolute atomic E-state index is 0.195. The number of ether oxygens (including phenoxy) is 1. The third-order valence-corrected chi connectivity index (χ3v) is 4.19. The predicted molar refractivity (Wildman–Crippen MR) is 77.0 cm³/mol. The fourth-order valence-corrected chi connectivity index (χ4v) is 1.93. The molecule has 20 heavy (non-hydrogen) atoms. The van der Waals surface area contributed by atoms with Crippen LogP contribution in [0.4, 0.5) is 0 Å². The molecular weight excluding hydrogens is 280 g/mol. The molecule has 0 unspecified atom stereocenters. The number of benzene rings is 1. The molecule has 6 nitrogen and oxygen atoms in total. The van der Waals surface area contributed by atoms with Crippen LogP contribution in [0.1, 0.15) is 18.5 Å². The van der Waals surface area contributed by atoms with Gasteiger partial charge in [0.2, 0.25) is 15.9 Å². The predicted octanol–water partition coefficient (Wildman–Crippen LogP) is 0.764. The van der Waals surface area contributed by atoms with Crippen LogP contribution in [0.15, 0.2) is 24.3 Å². The van der Waals surface area contributed by atoms with Gasteiger partial charge >= 0.3 is 0 Å². The summed E-state index contributed by atoms with van der Waals surface area (Å²) >= 11 is 0. The largest absolute Gasteiger partial charge is 0.497 e. The lowest BCUT2D eigenvalue weighted by atomic mass is 10.1. The molecule has 0 saturated carbocycles. The van der Waals surface area contributed by atoms with Gasteiger partial charge in [0, 0.05) is 7.05 Å². The zero-order valence-electron chi connectivity index (χ0n) is 12.1. The van der Waals surface area contributed by atoms with Crippen molar-refractivity contribution in [1.29, 1.82) is 0 Å². The molecule has 0 aliphatic carbocycles. The standard InChI is InChI=1S/C13H20N2O4S/c1-10(11-5-7-12(19-3)8-6-11)14-13(16)9-15(2)20(4,17)18/h5-8,10H,9H2,1-4H3,(H,14,16)/t10-/m1/s1. The van der Waals surface area contributed by atoms with Gasteiger partial charge in [-0.15, -0.1) is 0 Å². The van der Waals surface area contributed by atoms with Gasteiger partial charge in [0.1, 0.15) is 5.75 Å². The number of hydrogen-bond donors (Lipinski definition) is 1. The zero-order chi connectivity index (χ0) is 15.3. The molecule has 1 amide bonds. The molecule has 0 bridgehead atoms. The summed E-state index contributed by atoms with van der Waals surface area (Å²) in [6.07, 6.45) is 1.06. The Balaban J connectivity index is 2.61. The highest BCUT2D eigenvalue weighted by Gasteiger charge is 2.16. The summed E-state index contributed by atoms with van der Waals surface area (Å²) < 4.78 is 28.5. The molecule has 0 aliphatic heterocycles. The van der Waals surface area contributed by atoms with Gasteiger partial charge in [-0.2, -0.15) is 4.31 Å². The van der Waals surface area contributed by atoms with Gasteiger partial charge in [0.05, 0.1) is 26.0 Å². The van der Waals surface area contributed by atoms with E-state index in [2.05, 4.69) is 5.32 Å². The van der Waals surface area contributed by atoms with Crippen molar-refractivity contribution in [2.75, 3.05) is 27.0 Å². The lowest BCUT2D eigenvalue weighted by Crippen LogP contribution is -2.38. The van der Waals surface area contributed by atoms with E-state index in [1.807, 2.05) is 19.1 Å². The van der Waals surface area contributed by atoms with E-state index in [-0.39, 0.29) is 18.5 Å². The maximum atomic E-state index is 11.8. The fraction of sp³-hybridized carbons (Fsp3) is 0.462. The van der Waals surface area contributed by atoms with E-state index >= 15 is 0 Å². The van der Waals surface area contributed by atoms with Crippen LogP contribution in [0.25, 0.3) is 0 Å². The molecule has 1 atom stereocenters. The first-order valence-electron chi connectivity index (χ1n) is 6.08. The minimum Gasteiger partial charge on any atom is -0.497 e. The Hall–Kier alpha value is -1.60. The third kappa shape index (κ3) is 4.82. The molecule has 1 rings (SSSR count). The van der Waals surface area contributed by atoms with Crippen LogP contribution in [0.3, 0.4) is 0 Å². The first-order chi connectivity index (χ1) is 9.24. The molecule has 0 heterocycles. The van der Waals surface area contributed by atoms with Crippen molar-refractivity contribution in [2.24, 2.45) is 0 Å². The van der Waals surface area contributed by atoms with E-state index in [1.165, 1.54) is 7.05 Å². The second-order valence-corrected chi connectivity index (χ2v) is 6.67. The smallest absolute Gasteiger partial charge is 0.235 e. The number of nitrogens with one attached hydrogen (secondary N) is 1. The molecule has 0 aliphatic rings. The lowest BCUT2D eigenvalue weighted by molar-refractivity contribution is -0.121. The van der Waals surface area contributed by atoms with E-state index < -0.39 is 10.0 Å². The van der Waals surface area contributed by atoms with E-state index in [9.17, 15) is 13.2 Å². The second-order valence-electron chi connectivity index (χ2n) is 4.58. The van der Waals surface area contributed by atoms with Gasteiger partial charge in [-0.1, -0.05) is 12.1 Å². The molecule has 0 saturated heterocycles. The van der Waals surface area contributed by atoms with E-state index in [1.54, 1.807) is 19.2 Å². The number of amides is 1. The Kier molecular flexibility index (Phi) is 5.52. The number of carbonyl (C=O) groups excluding carboxylic acids is 1. The molecule has 0 spiro atoms. The maximum absolute atomic E-state index is 11.8. The Labute approximate surface area is 119 Å². The molecule has 112 valence electrons. The molecular formula is C13H20N2O4S. The van der Waals surface area contributed by atoms with Crippen LogP contribution in [0.5, 0.6) is 5.75 Å². The summed E-state index contributed by atoms with van der Waals surface area (Å²) in [4.78, 5) is 11.8. The molecule has 1 N–H and O–H groups in total. The van der Waals surface area contributed by atoms with Gasteiger partial charge in [-0.25, -0.2) is 8.42 Å². The normalized spacial score (nSPS) is 13.1. The second kappa shape index (κ2) is 6.71. The van der Waals surface area contributed by atoms with E-state index in [0.29, 0.717) is 0 Å². The number of carbonyl (C=O) groups is 1. The van der Waals surface area contributed by atoms with E-state index in [4.69, 9.17) is 4.74 Å². The van der Waals surface area contributed by atoms with Crippen LogP contribution < -0.4 is 10.1 Å². The summed E-state index contributed by atoms with van der Waals surface area (Å²) in [5.74, 6) is 0.394. The number of sulfonamides is 1. The summed E-state index contributed by atoms with van der Waals surface area (Å²) in [7, 11) is -0.399. The summed E-state index contributed by atoms with van der Waals surface area (Å²) in [5.41, 5.74) is 0.918. The Bertz CT molecular complexity index is 554. The SMILES string of the molecule is COc1ccc([C@@H](C)NC(=O)CN(C)S(C)(=O)=O)cc1. The van der Waals surface area contributed by atoms with Crippen molar-refractivity contribution in [3.8, 4) is 5.75 Å². The van der Waals surface area contributed by atoms with Crippen molar-refractivity contribution in [3.63, 3.8) is 0 Å². The molecule has 7 heteroatoms. The number of rotatable bonds is 6. The monoisotopic (exact) mass is 300 g/mol. The van der Waals surface area contributed by atoms with Crippen LogP contribution >= 0.6 is 0 Å². The van der Waals surface area contributed by atoms with Crippen LogP contribution in [-0.2, 0) is 14.8 Å². The van der Waals surface area contributed by atoms with Gasteiger partial charge in [0.15, 0.2) is 0 Å². The quantitative estimate of drug-likeness (QED) is 0.842. The molecule has 0 radical (unpaired) electrons. The molecule has 1 aromatic rings. The Morgan fingerprint density at radius 1 is 1.35 bits per heavy atom. The van der Waals surface area contributed by atoms with Crippen molar-refractivity contribution >= 4 is 15.9 Å². The van der Waals surface area contributed by atoms with Gasteiger partial charge in [-0.3, -0.25) is 4.79 Å².